The van der Waals surface area contributed by atoms with E-state index in [9.17, 15) is 17.6 Å². The minimum Gasteiger partial charge on any atom is -0.426 e. The Kier molecular flexibility index (Phi) is 7.17. The molecule has 0 saturated heterocycles. The fraction of sp³-hybridized carbons (Fsp3) is 0.0833. The molecule has 0 bridgehead atoms. The standard InChI is InChI=1S/C24H14F4N4O/c25-23(26)24(27,28)33-22-10-9-20(31-14-18-5-1-16(12-29)2-6-18)11-21(22)32-15-19-7-3-17(13-30)4-8-19/h1-11,14-15,23H. The number of ether oxygens (including phenoxy) is 1. The van der Waals surface area contributed by atoms with Crippen molar-refractivity contribution in [1.29, 1.82) is 10.5 Å². The second-order valence-corrected chi connectivity index (χ2v) is 6.60. The number of aliphatic imine (C=N–C) groups is 2. The minimum atomic E-state index is -4.70. The van der Waals surface area contributed by atoms with Crippen LogP contribution in [-0.2, 0) is 0 Å². The van der Waals surface area contributed by atoms with Gasteiger partial charge in [0.2, 0.25) is 0 Å². The number of nitriles is 2. The predicted octanol–water partition coefficient (Wildman–Crippen LogP) is 6.17. The Bertz CT molecular complexity index is 1260. The van der Waals surface area contributed by atoms with E-state index in [0.29, 0.717) is 27.9 Å². The molecule has 0 aliphatic carbocycles. The maximum absolute atomic E-state index is 13.5. The Morgan fingerprint density at radius 2 is 1.30 bits per heavy atom. The summed E-state index contributed by atoms with van der Waals surface area (Å²) < 4.78 is 56.4. The molecule has 0 unspecified atom stereocenters. The first-order chi connectivity index (χ1) is 15.8. The molecule has 9 heteroatoms. The van der Waals surface area contributed by atoms with Crippen molar-refractivity contribution < 1.29 is 22.3 Å². The fourth-order valence-electron chi connectivity index (χ4n) is 2.54. The van der Waals surface area contributed by atoms with Gasteiger partial charge in [-0.25, -0.2) is 0 Å². The number of nitrogens with zero attached hydrogens (tertiary/aromatic N) is 4. The summed E-state index contributed by atoms with van der Waals surface area (Å²) in [6, 6.07) is 20.5. The highest BCUT2D eigenvalue weighted by Gasteiger charge is 2.44. The van der Waals surface area contributed by atoms with Crippen molar-refractivity contribution in [3.05, 3.63) is 89.0 Å². The van der Waals surface area contributed by atoms with Gasteiger partial charge in [0.05, 0.1) is 29.0 Å². The Morgan fingerprint density at radius 1 is 0.788 bits per heavy atom. The SMILES string of the molecule is N#Cc1ccc(C=Nc2ccc(OC(F)(F)C(F)F)c(N=Cc3ccc(C#N)cc3)c2)cc1. The van der Waals surface area contributed by atoms with Crippen LogP contribution in [0.25, 0.3) is 0 Å². The molecule has 0 spiro atoms. The van der Waals surface area contributed by atoms with Gasteiger partial charge in [0.25, 0.3) is 0 Å². The van der Waals surface area contributed by atoms with Gasteiger partial charge in [0.1, 0.15) is 5.69 Å². The van der Waals surface area contributed by atoms with Crippen LogP contribution in [0.2, 0.25) is 0 Å². The lowest BCUT2D eigenvalue weighted by Gasteiger charge is -2.18. The second-order valence-electron chi connectivity index (χ2n) is 6.60. The number of benzene rings is 3. The Hall–Kier alpha value is -4.50. The third kappa shape index (κ3) is 6.25. The van der Waals surface area contributed by atoms with Crippen molar-refractivity contribution in [3.63, 3.8) is 0 Å². The van der Waals surface area contributed by atoms with Crippen LogP contribution < -0.4 is 4.74 Å². The van der Waals surface area contributed by atoms with Crippen molar-refractivity contribution in [3.8, 4) is 17.9 Å². The molecule has 33 heavy (non-hydrogen) atoms. The summed E-state index contributed by atoms with van der Waals surface area (Å²) in [6.45, 7) is 0. The van der Waals surface area contributed by atoms with E-state index in [4.69, 9.17) is 10.5 Å². The van der Waals surface area contributed by atoms with Gasteiger partial charge in [-0.2, -0.15) is 28.1 Å². The van der Waals surface area contributed by atoms with Crippen molar-refractivity contribution in [1.82, 2.24) is 0 Å². The van der Waals surface area contributed by atoms with Crippen molar-refractivity contribution in [2.24, 2.45) is 9.98 Å². The molecule has 164 valence electrons. The maximum atomic E-state index is 13.5. The zero-order chi connectivity index (χ0) is 23.8. The highest BCUT2D eigenvalue weighted by atomic mass is 19.3. The Morgan fingerprint density at radius 3 is 1.79 bits per heavy atom. The van der Waals surface area contributed by atoms with E-state index < -0.39 is 18.3 Å². The molecule has 0 aliphatic rings. The monoisotopic (exact) mass is 450 g/mol. The molecule has 0 atom stereocenters. The average Bonchev–Trinajstić information content (AvgIpc) is 2.82. The second kappa shape index (κ2) is 10.2. The molecular weight excluding hydrogens is 436 g/mol. The molecular formula is C24H14F4N4O. The van der Waals surface area contributed by atoms with E-state index in [2.05, 4.69) is 14.7 Å². The molecule has 5 nitrogen and oxygen atoms in total. The molecule has 0 aromatic heterocycles. The summed E-state index contributed by atoms with van der Waals surface area (Å²) in [5.41, 5.74) is 2.29. The van der Waals surface area contributed by atoms with Gasteiger partial charge in [0.15, 0.2) is 5.75 Å². The summed E-state index contributed by atoms with van der Waals surface area (Å²) in [7, 11) is 0. The normalized spacial score (nSPS) is 11.6. The van der Waals surface area contributed by atoms with Crippen LogP contribution in [0.1, 0.15) is 22.3 Å². The van der Waals surface area contributed by atoms with Gasteiger partial charge in [0, 0.05) is 12.4 Å². The van der Waals surface area contributed by atoms with Crippen LogP contribution in [-0.4, -0.2) is 25.0 Å². The number of hydrogen-bond acceptors (Lipinski definition) is 5. The van der Waals surface area contributed by atoms with Gasteiger partial charge >= 0.3 is 12.5 Å². The molecule has 3 rings (SSSR count). The molecule has 0 fully saturated rings. The van der Waals surface area contributed by atoms with Gasteiger partial charge in [-0.1, -0.05) is 24.3 Å². The van der Waals surface area contributed by atoms with Crippen LogP contribution in [0.15, 0.2) is 76.7 Å². The van der Waals surface area contributed by atoms with Gasteiger partial charge < -0.3 is 4.74 Å². The zero-order valence-corrected chi connectivity index (χ0v) is 16.8. The van der Waals surface area contributed by atoms with Crippen molar-refractivity contribution in [2.45, 2.75) is 12.5 Å². The van der Waals surface area contributed by atoms with Crippen LogP contribution in [0.5, 0.6) is 5.75 Å². The van der Waals surface area contributed by atoms with Crippen LogP contribution in [0.4, 0.5) is 28.9 Å². The first-order valence-corrected chi connectivity index (χ1v) is 9.38. The average molecular weight is 450 g/mol. The first-order valence-electron chi connectivity index (χ1n) is 9.38. The number of alkyl halides is 4. The predicted molar refractivity (Wildman–Crippen MR) is 115 cm³/mol. The van der Waals surface area contributed by atoms with Gasteiger partial charge in [-0.15, -0.1) is 0 Å². The van der Waals surface area contributed by atoms with E-state index in [0.717, 1.165) is 6.07 Å². The Labute approximate surface area is 186 Å². The molecule has 3 aromatic rings. The summed E-state index contributed by atoms with van der Waals surface area (Å²) in [4.78, 5) is 8.33. The lowest BCUT2D eigenvalue weighted by Crippen LogP contribution is -2.33. The topological polar surface area (TPSA) is 81.5 Å². The van der Waals surface area contributed by atoms with E-state index in [1.807, 2.05) is 12.1 Å². The summed E-state index contributed by atoms with van der Waals surface area (Å²) in [5.74, 6) is -0.553. The molecule has 0 N–H and O–H groups in total. The summed E-state index contributed by atoms with van der Waals surface area (Å²) in [5, 5.41) is 17.7. The largest absolute Gasteiger partial charge is 0.461 e. The highest BCUT2D eigenvalue weighted by Crippen LogP contribution is 2.37. The van der Waals surface area contributed by atoms with Crippen LogP contribution in [0, 0.1) is 22.7 Å². The minimum absolute atomic E-state index is 0.144. The van der Waals surface area contributed by atoms with E-state index in [1.54, 1.807) is 48.5 Å². The quantitative estimate of drug-likeness (QED) is 0.319. The van der Waals surface area contributed by atoms with Gasteiger partial charge in [-0.05, 0) is 53.6 Å². The maximum Gasteiger partial charge on any atom is 0.461 e. The lowest BCUT2D eigenvalue weighted by atomic mass is 10.1. The third-order valence-electron chi connectivity index (χ3n) is 4.24. The smallest absolute Gasteiger partial charge is 0.426 e. The highest BCUT2D eigenvalue weighted by molar-refractivity contribution is 5.85. The summed E-state index contributed by atoms with van der Waals surface area (Å²) in [6.07, 6.45) is -5.93. The van der Waals surface area contributed by atoms with E-state index >= 15 is 0 Å². The van der Waals surface area contributed by atoms with Crippen LogP contribution >= 0.6 is 0 Å². The number of halogens is 4. The van der Waals surface area contributed by atoms with Gasteiger partial charge in [-0.3, -0.25) is 9.98 Å². The van der Waals surface area contributed by atoms with Crippen LogP contribution in [0.3, 0.4) is 0 Å². The molecule has 0 radical (unpaired) electrons. The zero-order valence-electron chi connectivity index (χ0n) is 16.8. The molecule has 3 aromatic carbocycles. The molecule has 0 amide bonds. The van der Waals surface area contributed by atoms with E-state index in [1.165, 1.54) is 24.6 Å². The third-order valence-corrected chi connectivity index (χ3v) is 4.24. The van der Waals surface area contributed by atoms with E-state index in [-0.39, 0.29) is 5.69 Å². The Balaban J connectivity index is 1.92. The fourth-order valence-corrected chi connectivity index (χ4v) is 2.54. The lowest BCUT2D eigenvalue weighted by molar-refractivity contribution is -0.252. The molecule has 0 heterocycles. The van der Waals surface area contributed by atoms with Crippen molar-refractivity contribution in [2.75, 3.05) is 0 Å². The number of rotatable bonds is 7. The van der Waals surface area contributed by atoms with Crippen molar-refractivity contribution >= 4 is 23.8 Å². The molecule has 0 aliphatic heterocycles. The first kappa shape index (κ1) is 23.2. The molecule has 0 saturated carbocycles. The summed E-state index contributed by atoms with van der Waals surface area (Å²) >= 11 is 0. The number of hydrogen-bond donors (Lipinski definition) is 0.